The van der Waals surface area contributed by atoms with Gasteiger partial charge in [-0.2, -0.15) is 0 Å². The van der Waals surface area contributed by atoms with Crippen molar-refractivity contribution in [3.8, 4) is 0 Å². The largest absolute Gasteiger partial charge is 0.370 e. The van der Waals surface area contributed by atoms with Crippen LogP contribution in [0.2, 0.25) is 5.02 Å². The van der Waals surface area contributed by atoms with E-state index < -0.39 is 0 Å². The molecule has 0 bridgehead atoms. The maximum atomic E-state index is 6.07. The van der Waals surface area contributed by atoms with Crippen LogP contribution < -0.4 is 10.6 Å². The molecule has 76 valence electrons. The van der Waals surface area contributed by atoms with Gasteiger partial charge in [0.15, 0.2) is 0 Å². The molecule has 14 heavy (non-hydrogen) atoms. The van der Waals surface area contributed by atoms with Crippen LogP contribution >= 0.6 is 11.6 Å². The Hall–Kier alpha value is -0.730. The Kier molecular flexibility index (Phi) is 2.66. The van der Waals surface area contributed by atoms with E-state index >= 15 is 0 Å². The molecule has 1 fully saturated rings. The highest BCUT2D eigenvalue weighted by molar-refractivity contribution is 6.31. The van der Waals surface area contributed by atoms with Crippen molar-refractivity contribution in [1.29, 1.82) is 0 Å². The predicted molar refractivity (Wildman–Crippen MR) is 61.0 cm³/mol. The number of hydrogen-bond donors (Lipinski definition) is 1. The minimum atomic E-state index is 0.315. The first-order valence-electron chi connectivity index (χ1n) is 4.93. The third kappa shape index (κ3) is 1.86. The summed E-state index contributed by atoms with van der Waals surface area (Å²) in [6.45, 7) is 4.00. The summed E-state index contributed by atoms with van der Waals surface area (Å²) in [5, 5.41) is 0.836. The van der Waals surface area contributed by atoms with Crippen molar-refractivity contribution >= 4 is 17.3 Å². The van der Waals surface area contributed by atoms with Gasteiger partial charge in [0.2, 0.25) is 0 Å². The molecule has 0 amide bonds. The van der Waals surface area contributed by atoms with Gasteiger partial charge < -0.3 is 10.6 Å². The number of halogens is 1. The molecular formula is C11H15ClN2. The van der Waals surface area contributed by atoms with E-state index in [1.165, 1.54) is 5.69 Å². The molecule has 0 radical (unpaired) electrons. The smallest absolute Gasteiger partial charge is 0.0455 e. The maximum absolute atomic E-state index is 6.07. The lowest BCUT2D eigenvalue weighted by molar-refractivity contribution is 0.752. The van der Waals surface area contributed by atoms with Gasteiger partial charge in [-0.25, -0.2) is 0 Å². The standard InChI is InChI=1S/C11H15ClN2/c1-8-2-3-10(6-11(8)12)14-5-4-9(13)7-14/h2-3,6,9H,4-5,7,13H2,1H3/t9-/m1/s1. The second-order valence-electron chi connectivity index (χ2n) is 3.93. The summed E-state index contributed by atoms with van der Waals surface area (Å²) < 4.78 is 0. The molecule has 2 N–H and O–H groups in total. The summed E-state index contributed by atoms with van der Waals surface area (Å²) in [6, 6.07) is 6.51. The fraction of sp³-hybridized carbons (Fsp3) is 0.455. The Morgan fingerprint density at radius 1 is 1.50 bits per heavy atom. The Bertz CT molecular complexity index is 338. The number of hydrogen-bond acceptors (Lipinski definition) is 2. The van der Waals surface area contributed by atoms with Gasteiger partial charge in [0.25, 0.3) is 0 Å². The molecular weight excluding hydrogens is 196 g/mol. The topological polar surface area (TPSA) is 29.3 Å². The molecule has 2 rings (SSSR count). The zero-order valence-corrected chi connectivity index (χ0v) is 9.09. The minimum Gasteiger partial charge on any atom is -0.370 e. The fourth-order valence-corrected chi connectivity index (χ4v) is 1.98. The molecule has 1 aliphatic rings. The average molecular weight is 211 g/mol. The highest BCUT2D eigenvalue weighted by Crippen LogP contribution is 2.25. The molecule has 3 heteroatoms. The number of aryl methyl sites for hydroxylation is 1. The van der Waals surface area contributed by atoms with Crippen LogP contribution in [0.15, 0.2) is 18.2 Å². The lowest BCUT2D eigenvalue weighted by Gasteiger charge is -2.18. The van der Waals surface area contributed by atoms with Crippen LogP contribution in [0.25, 0.3) is 0 Å². The van der Waals surface area contributed by atoms with Gasteiger partial charge in [-0.15, -0.1) is 0 Å². The molecule has 2 nitrogen and oxygen atoms in total. The third-order valence-electron chi connectivity index (χ3n) is 2.75. The van der Waals surface area contributed by atoms with E-state index in [1.807, 2.05) is 13.0 Å². The summed E-state index contributed by atoms with van der Waals surface area (Å²) in [7, 11) is 0. The Labute approximate surface area is 89.7 Å². The molecule has 1 saturated heterocycles. The Morgan fingerprint density at radius 2 is 2.29 bits per heavy atom. The van der Waals surface area contributed by atoms with Crippen molar-refractivity contribution in [1.82, 2.24) is 0 Å². The predicted octanol–water partition coefficient (Wildman–Crippen LogP) is 2.19. The van der Waals surface area contributed by atoms with Gasteiger partial charge in [0.1, 0.15) is 0 Å². The minimum absolute atomic E-state index is 0.315. The van der Waals surface area contributed by atoms with Gasteiger partial charge in [-0.05, 0) is 31.0 Å². The SMILES string of the molecule is Cc1ccc(N2CC[C@@H](N)C2)cc1Cl. The van der Waals surface area contributed by atoms with Crippen molar-refractivity contribution < 1.29 is 0 Å². The molecule has 0 aliphatic carbocycles. The summed E-state index contributed by atoms with van der Waals surface area (Å²) >= 11 is 6.07. The van der Waals surface area contributed by atoms with Crippen LogP contribution in [-0.4, -0.2) is 19.1 Å². The number of anilines is 1. The van der Waals surface area contributed by atoms with Crippen LogP contribution in [0.4, 0.5) is 5.69 Å². The number of benzene rings is 1. The normalized spacial score (nSPS) is 21.6. The second-order valence-corrected chi connectivity index (χ2v) is 4.34. The molecule has 0 unspecified atom stereocenters. The molecule has 1 aromatic carbocycles. The van der Waals surface area contributed by atoms with Gasteiger partial charge in [0.05, 0.1) is 0 Å². The summed E-state index contributed by atoms with van der Waals surface area (Å²) in [4.78, 5) is 2.29. The maximum Gasteiger partial charge on any atom is 0.0455 e. The number of nitrogens with zero attached hydrogens (tertiary/aromatic N) is 1. The Balaban J connectivity index is 2.20. The van der Waals surface area contributed by atoms with E-state index in [0.29, 0.717) is 6.04 Å². The molecule has 0 saturated carbocycles. The van der Waals surface area contributed by atoms with Crippen LogP contribution in [0.3, 0.4) is 0 Å². The first-order chi connectivity index (χ1) is 6.66. The van der Waals surface area contributed by atoms with Crippen molar-refractivity contribution in [3.05, 3.63) is 28.8 Å². The number of nitrogens with two attached hydrogens (primary N) is 1. The van der Waals surface area contributed by atoms with Gasteiger partial charge in [-0.1, -0.05) is 17.7 Å². The Morgan fingerprint density at radius 3 is 2.86 bits per heavy atom. The summed E-state index contributed by atoms with van der Waals surface area (Å²) in [5.41, 5.74) is 8.17. The fourth-order valence-electron chi connectivity index (χ4n) is 1.80. The molecule has 1 heterocycles. The zero-order valence-electron chi connectivity index (χ0n) is 8.33. The first kappa shape index (κ1) is 9.81. The van der Waals surface area contributed by atoms with E-state index in [4.69, 9.17) is 17.3 Å². The van der Waals surface area contributed by atoms with Gasteiger partial charge in [-0.3, -0.25) is 0 Å². The number of rotatable bonds is 1. The molecule has 1 aliphatic heterocycles. The van der Waals surface area contributed by atoms with Crippen LogP contribution in [-0.2, 0) is 0 Å². The summed E-state index contributed by atoms with van der Waals surface area (Å²) in [6.07, 6.45) is 1.07. The van der Waals surface area contributed by atoms with Crippen molar-refractivity contribution in [3.63, 3.8) is 0 Å². The van der Waals surface area contributed by atoms with Gasteiger partial charge in [0, 0.05) is 29.8 Å². The van der Waals surface area contributed by atoms with Gasteiger partial charge >= 0.3 is 0 Å². The van der Waals surface area contributed by atoms with E-state index in [1.54, 1.807) is 0 Å². The molecule has 1 aromatic rings. The first-order valence-corrected chi connectivity index (χ1v) is 5.31. The van der Waals surface area contributed by atoms with Crippen LogP contribution in [0.5, 0.6) is 0 Å². The lowest BCUT2D eigenvalue weighted by atomic mass is 10.2. The summed E-state index contributed by atoms with van der Waals surface area (Å²) in [5.74, 6) is 0. The monoisotopic (exact) mass is 210 g/mol. The quantitative estimate of drug-likeness (QED) is 0.770. The zero-order chi connectivity index (χ0) is 10.1. The lowest BCUT2D eigenvalue weighted by Crippen LogP contribution is -2.26. The van der Waals surface area contributed by atoms with Crippen molar-refractivity contribution in [2.75, 3.05) is 18.0 Å². The van der Waals surface area contributed by atoms with E-state index in [-0.39, 0.29) is 0 Å². The van der Waals surface area contributed by atoms with E-state index in [9.17, 15) is 0 Å². The van der Waals surface area contributed by atoms with E-state index in [0.717, 1.165) is 30.1 Å². The average Bonchev–Trinajstić information content (AvgIpc) is 2.57. The molecule has 0 aromatic heterocycles. The highest BCUT2D eigenvalue weighted by Gasteiger charge is 2.19. The highest BCUT2D eigenvalue weighted by atomic mass is 35.5. The third-order valence-corrected chi connectivity index (χ3v) is 3.15. The second kappa shape index (κ2) is 3.79. The van der Waals surface area contributed by atoms with E-state index in [2.05, 4.69) is 17.0 Å². The molecule has 0 spiro atoms. The van der Waals surface area contributed by atoms with Crippen molar-refractivity contribution in [2.45, 2.75) is 19.4 Å². The van der Waals surface area contributed by atoms with Crippen molar-refractivity contribution in [2.24, 2.45) is 5.73 Å². The van der Waals surface area contributed by atoms with Crippen LogP contribution in [0, 0.1) is 6.92 Å². The molecule has 1 atom stereocenters. The van der Waals surface area contributed by atoms with Crippen LogP contribution in [0.1, 0.15) is 12.0 Å².